The Kier molecular flexibility index (Phi) is 4.42. The minimum absolute atomic E-state index is 0.413. The molecule has 2 aliphatic rings. The molecule has 23 heavy (non-hydrogen) atoms. The van der Waals surface area contributed by atoms with Gasteiger partial charge in [0.2, 0.25) is 0 Å². The van der Waals surface area contributed by atoms with Crippen molar-refractivity contribution in [3.8, 4) is 0 Å². The summed E-state index contributed by atoms with van der Waals surface area (Å²) in [5.74, 6) is 0.971. The fourth-order valence-electron chi connectivity index (χ4n) is 3.38. The van der Waals surface area contributed by atoms with E-state index in [1.165, 1.54) is 11.1 Å². The predicted molar refractivity (Wildman–Crippen MR) is 87.8 cm³/mol. The van der Waals surface area contributed by atoms with Crippen molar-refractivity contribution in [1.82, 2.24) is 0 Å². The molecule has 1 aliphatic carbocycles. The molecule has 1 saturated heterocycles. The highest BCUT2D eigenvalue weighted by Gasteiger charge is 2.63. The normalized spacial score (nSPS) is 28.0. The van der Waals surface area contributed by atoms with Gasteiger partial charge in [-0.1, -0.05) is 60.7 Å². The summed E-state index contributed by atoms with van der Waals surface area (Å²) in [4.78, 5) is 0. The first-order valence-electron chi connectivity index (χ1n) is 8.30. The van der Waals surface area contributed by atoms with E-state index in [2.05, 4.69) is 24.3 Å². The summed E-state index contributed by atoms with van der Waals surface area (Å²) in [6, 6.07) is 20.6. The van der Waals surface area contributed by atoms with Gasteiger partial charge in [0.25, 0.3) is 0 Å². The number of hydrogen-bond donors (Lipinski definition) is 0. The molecule has 1 aliphatic heterocycles. The summed E-state index contributed by atoms with van der Waals surface area (Å²) in [5, 5.41) is 0. The first-order valence-corrected chi connectivity index (χ1v) is 8.30. The van der Waals surface area contributed by atoms with E-state index >= 15 is 0 Å². The van der Waals surface area contributed by atoms with Crippen LogP contribution < -0.4 is 0 Å². The van der Waals surface area contributed by atoms with E-state index in [4.69, 9.17) is 14.2 Å². The molecule has 3 nitrogen and oxygen atoms in total. The van der Waals surface area contributed by atoms with Crippen LogP contribution in [-0.4, -0.2) is 25.4 Å². The Morgan fingerprint density at radius 2 is 1.09 bits per heavy atom. The largest absolute Gasteiger partial charge is 0.376 e. The minimum Gasteiger partial charge on any atom is -0.376 e. The lowest BCUT2D eigenvalue weighted by molar-refractivity contribution is -0.00269. The highest BCUT2D eigenvalue weighted by molar-refractivity contribution is 5.15. The zero-order valence-corrected chi connectivity index (χ0v) is 13.1. The smallest absolute Gasteiger partial charge is 0.0900 e. The lowest BCUT2D eigenvalue weighted by Crippen LogP contribution is -2.42. The van der Waals surface area contributed by atoms with Gasteiger partial charge < -0.3 is 14.2 Å². The van der Waals surface area contributed by atoms with Crippen LogP contribution in [0.2, 0.25) is 0 Å². The Bertz CT molecular complexity index is 558. The molecule has 4 rings (SSSR count). The lowest BCUT2D eigenvalue weighted by Gasteiger charge is -2.31. The number of hydrogen-bond acceptors (Lipinski definition) is 3. The van der Waals surface area contributed by atoms with Crippen molar-refractivity contribution in [2.45, 2.75) is 25.4 Å². The van der Waals surface area contributed by atoms with Gasteiger partial charge in [0.15, 0.2) is 0 Å². The number of fused-ring (bicyclic) bond motifs is 1. The standard InChI is InChI=1S/C20H22O3/c1-3-7-15(8-4-1)11-21-13-17-18(20-19(17)23-20)14-22-12-16-9-5-2-6-10-16/h1-10,17-20H,11-14H2/t17-,18+,19-,20+. The van der Waals surface area contributed by atoms with E-state index < -0.39 is 0 Å². The van der Waals surface area contributed by atoms with Crippen LogP contribution in [-0.2, 0) is 27.4 Å². The quantitative estimate of drug-likeness (QED) is 0.700. The van der Waals surface area contributed by atoms with E-state index in [0.29, 0.717) is 37.3 Å². The maximum atomic E-state index is 5.88. The van der Waals surface area contributed by atoms with Crippen LogP contribution in [0.4, 0.5) is 0 Å². The Hall–Kier alpha value is -1.68. The summed E-state index contributed by atoms with van der Waals surface area (Å²) >= 11 is 0. The monoisotopic (exact) mass is 310 g/mol. The summed E-state index contributed by atoms with van der Waals surface area (Å²) < 4.78 is 17.5. The molecular weight excluding hydrogens is 288 g/mol. The molecule has 0 amide bonds. The molecule has 1 saturated carbocycles. The van der Waals surface area contributed by atoms with Gasteiger partial charge in [0, 0.05) is 11.8 Å². The number of rotatable bonds is 8. The fraction of sp³-hybridized carbons (Fsp3) is 0.400. The maximum absolute atomic E-state index is 5.88. The summed E-state index contributed by atoms with van der Waals surface area (Å²) in [7, 11) is 0. The second kappa shape index (κ2) is 6.83. The molecule has 0 radical (unpaired) electrons. The zero-order valence-electron chi connectivity index (χ0n) is 13.1. The van der Waals surface area contributed by atoms with Crippen molar-refractivity contribution in [2.24, 2.45) is 11.8 Å². The summed E-state index contributed by atoms with van der Waals surface area (Å²) in [6.45, 7) is 2.86. The molecule has 0 N–H and O–H groups in total. The third-order valence-corrected chi connectivity index (χ3v) is 4.80. The van der Waals surface area contributed by atoms with Crippen LogP contribution in [0.5, 0.6) is 0 Å². The Morgan fingerprint density at radius 3 is 1.52 bits per heavy atom. The highest BCUT2D eigenvalue weighted by Crippen LogP contribution is 2.52. The average molecular weight is 310 g/mol. The van der Waals surface area contributed by atoms with Gasteiger partial charge in [0.05, 0.1) is 38.6 Å². The SMILES string of the molecule is c1ccc(COC[C@@H]2[C@H](COCc3ccccc3)[C@@H]3O[C@H]23)cc1. The van der Waals surface area contributed by atoms with Crippen LogP contribution in [0.1, 0.15) is 11.1 Å². The van der Waals surface area contributed by atoms with Crippen LogP contribution in [0.3, 0.4) is 0 Å². The second-order valence-electron chi connectivity index (χ2n) is 6.39. The van der Waals surface area contributed by atoms with Gasteiger partial charge in [0.1, 0.15) is 0 Å². The van der Waals surface area contributed by atoms with E-state index in [1.807, 2.05) is 36.4 Å². The van der Waals surface area contributed by atoms with Gasteiger partial charge in [-0.25, -0.2) is 0 Å². The molecule has 120 valence electrons. The first-order chi connectivity index (χ1) is 11.4. The second-order valence-corrected chi connectivity index (χ2v) is 6.39. The number of epoxide rings is 1. The molecule has 0 bridgehead atoms. The van der Waals surface area contributed by atoms with Gasteiger partial charge in [-0.15, -0.1) is 0 Å². The van der Waals surface area contributed by atoms with Crippen molar-refractivity contribution in [2.75, 3.05) is 13.2 Å². The number of ether oxygens (including phenoxy) is 3. The van der Waals surface area contributed by atoms with Crippen molar-refractivity contribution < 1.29 is 14.2 Å². The van der Waals surface area contributed by atoms with Crippen molar-refractivity contribution in [1.29, 1.82) is 0 Å². The number of benzene rings is 2. The first kappa shape index (κ1) is 14.9. The molecule has 1 heterocycles. The fourth-order valence-corrected chi connectivity index (χ4v) is 3.38. The van der Waals surface area contributed by atoms with Gasteiger partial charge in [-0.2, -0.15) is 0 Å². The predicted octanol–water partition coefficient (Wildman–Crippen LogP) is 3.43. The molecule has 0 aromatic heterocycles. The van der Waals surface area contributed by atoms with E-state index in [0.717, 1.165) is 13.2 Å². The topological polar surface area (TPSA) is 31.0 Å². The van der Waals surface area contributed by atoms with Crippen molar-refractivity contribution in [3.05, 3.63) is 71.8 Å². The van der Waals surface area contributed by atoms with E-state index in [9.17, 15) is 0 Å². The highest BCUT2D eigenvalue weighted by atomic mass is 16.6. The van der Waals surface area contributed by atoms with Crippen LogP contribution in [0, 0.1) is 11.8 Å². The summed E-state index contributed by atoms with van der Waals surface area (Å²) in [5.41, 5.74) is 2.44. The molecule has 0 spiro atoms. The Balaban J connectivity index is 1.19. The van der Waals surface area contributed by atoms with Crippen molar-refractivity contribution in [3.63, 3.8) is 0 Å². The third kappa shape index (κ3) is 3.47. The summed E-state index contributed by atoms with van der Waals surface area (Å²) in [6.07, 6.45) is 0.826. The molecule has 2 aromatic carbocycles. The molecular formula is C20H22O3. The lowest BCUT2D eigenvalue weighted by atomic mass is 9.74. The molecule has 0 unspecified atom stereocenters. The van der Waals surface area contributed by atoms with Gasteiger partial charge in [-0.05, 0) is 11.1 Å². The van der Waals surface area contributed by atoms with Crippen molar-refractivity contribution >= 4 is 0 Å². The molecule has 2 fully saturated rings. The van der Waals surface area contributed by atoms with Crippen LogP contribution in [0.25, 0.3) is 0 Å². The molecule has 4 atom stereocenters. The van der Waals surface area contributed by atoms with E-state index in [1.54, 1.807) is 0 Å². The minimum atomic E-state index is 0.413. The maximum Gasteiger partial charge on any atom is 0.0900 e. The van der Waals surface area contributed by atoms with E-state index in [-0.39, 0.29) is 0 Å². The molecule has 2 aromatic rings. The van der Waals surface area contributed by atoms with Crippen LogP contribution >= 0.6 is 0 Å². The average Bonchev–Trinajstić information content (AvgIpc) is 3.32. The van der Waals surface area contributed by atoms with Gasteiger partial charge >= 0.3 is 0 Å². The Morgan fingerprint density at radius 1 is 0.652 bits per heavy atom. The zero-order chi connectivity index (χ0) is 15.5. The molecule has 3 heteroatoms. The van der Waals surface area contributed by atoms with Crippen LogP contribution in [0.15, 0.2) is 60.7 Å². The third-order valence-electron chi connectivity index (χ3n) is 4.80. The van der Waals surface area contributed by atoms with Gasteiger partial charge in [-0.3, -0.25) is 0 Å². The Labute approximate surface area is 137 Å².